The van der Waals surface area contributed by atoms with Crippen molar-refractivity contribution in [2.45, 2.75) is 40.2 Å². The molecule has 0 bridgehead atoms. The molecule has 3 rings (SSSR count). The molecule has 214 valence electrons. The van der Waals surface area contributed by atoms with E-state index in [4.69, 9.17) is 25.8 Å². The van der Waals surface area contributed by atoms with Crippen molar-refractivity contribution < 1.29 is 24.1 Å². The zero-order chi connectivity index (χ0) is 29.1. The van der Waals surface area contributed by atoms with E-state index in [0.717, 1.165) is 25.2 Å². The van der Waals surface area contributed by atoms with Gasteiger partial charge in [0.2, 0.25) is 5.75 Å². The lowest BCUT2D eigenvalue weighted by Crippen LogP contribution is -2.28. The molecule has 40 heavy (non-hydrogen) atoms. The minimum absolute atomic E-state index is 0.0827. The first kappa shape index (κ1) is 30.8. The number of phenolic OH excluding ortho intramolecular Hbond substituents is 1. The van der Waals surface area contributed by atoms with Crippen molar-refractivity contribution in [1.82, 2.24) is 10.3 Å². The molecule has 0 fully saturated rings. The first-order chi connectivity index (χ1) is 19.2. The van der Waals surface area contributed by atoms with Crippen LogP contribution in [-0.2, 0) is 6.61 Å². The smallest absolute Gasteiger partial charge is 0.271 e. The van der Waals surface area contributed by atoms with Gasteiger partial charge in [0.1, 0.15) is 19.0 Å². The molecule has 3 aromatic carbocycles. The molecule has 0 unspecified atom stereocenters. The first-order valence-electron chi connectivity index (χ1n) is 13.4. The number of phenols is 1. The van der Waals surface area contributed by atoms with Crippen LogP contribution in [0.2, 0.25) is 5.02 Å². The Kier molecular flexibility index (Phi) is 11.7. The Balaban J connectivity index is 1.80. The Morgan fingerprint density at radius 2 is 1.75 bits per heavy atom. The minimum atomic E-state index is -0.468. The number of aromatic hydroxyl groups is 1. The average Bonchev–Trinajstić information content (AvgIpc) is 2.96. The Bertz CT molecular complexity index is 1290. The van der Waals surface area contributed by atoms with Crippen LogP contribution in [0, 0.1) is 0 Å². The van der Waals surface area contributed by atoms with Crippen LogP contribution in [-0.4, -0.2) is 55.5 Å². The van der Waals surface area contributed by atoms with Crippen LogP contribution in [0.4, 0.5) is 0 Å². The lowest BCUT2D eigenvalue weighted by Gasteiger charge is -2.20. The second-order valence-corrected chi connectivity index (χ2v) is 9.88. The van der Waals surface area contributed by atoms with E-state index in [9.17, 15) is 9.90 Å². The molecule has 1 amide bonds. The number of carbonyl (C=O) groups excluding carboxylic acids is 1. The van der Waals surface area contributed by atoms with Gasteiger partial charge in [0.25, 0.3) is 5.91 Å². The molecule has 0 aliphatic carbocycles. The van der Waals surface area contributed by atoms with Gasteiger partial charge in [-0.1, -0.05) is 63.6 Å². The van der Waals surface area contributed by atoms with Crippen LogP contribution in [0.1, 0.15) is 60.7 Å². The van der Waals surface area contributed by atoms with Gasteiger partial charge >= 0.3 is 0 Å². The summed E-state index contributed by atoms with van der Waals surface area (Å²) in [4.78, 5) is 14.7. The summed E-state index contributed by atoms with van der Waals surface area (Å²) in [5.41, 5.74) is 5.68. The molecule has 0 saturated heterocycles. The number of ether oxygens (including phenoxy) is 3. The molecule has 8 nitrogen and oxygen atoms in total. The molecule has 0 radical (unpaired) electrons. The van der Waals surface area contributed by atoms with E-state index in [1.54, 1.807) is 19.2 Å². The van der Waals surface area contributed by atoms with Gasteiger partial charge in [0, 0.05) is 17.7 Å². The lowest BCUT2D eigenvalue weighted by molar-refractivity contribution is 0.0955. The zero-order valence-electron chi connectivity index (χ0n) is 23.7. The summed E-state index contributed by atoms with van der Waals surface area (Å²) in [7, 11) is 1.57. The van der Waals surface area contributed by atoms with Crippen LogP contribution in [0.3, 0.4) is 0 Å². The second kappa shape index (κ2) is 15.1. The quantitative estimate of drug-likeness (QED) is 0.177. The highest BCUT2D eigenvalue weighted by molar-refractivity contribution is 6.32. The third kappa shape index (κ3) is 8.63. The van der Waals surface area contributed by atoms with E-state index in [1.807, 2.05) is 0 Å². The number of hydrazone groups is 1. The van der Waals surface area contributed by atoms with Crippen LogP contribution < -0.4 is 19.6 Å². The number of methoxy groups -OCH3 is 1. The third-order valence-electron chi connectivity index (χ3n) is 6.44. The molecule has 9 heteroatoms. The lowest BCUT2D eigenvalue weighted by atomic mass is 10.0. The number of carbonyl (C=O) groups is 1. The Morgan fingerprint density at radius 3 is 2.38 bits per heavy atom. The van der Waals surface area contributed by atoms with Crippen molar-refractivity contribution in [3.63, 3.8) is 0 Å². The van der Waals surface area contributed by atoms with Gasteiger partial charge in [0.15, 0.2) is 11.5 Å². The molecular formula is C31H38ClN3O5. The fourth-order valence-electron chi connectivity index (χ4n) is 3.93. The van der Waals surface area contributed by atoms with Crippen molar-refractivity contribution in [1.29, 1.82) is 0 Å². The fraction of sp³-hybridized carbons (Fsp3) is 0.355. The molecule has 0 saturated carbocycles. The summed E-state index contributed by atoms with van der Waals surface area (Å²) in [6.45, 7) is 12.0. The maximum absolute atomic E-state index is 12.4. The van der Waals surface area contributed by atoms with Gasteiger partial charge in [0.05, 0.1) is 18.3 Å². The maximum atomic E-state index is 12.4. The molecular weight excluding hydrogens is 530 g/mol. The number of benzene rings is 3. The highest BCUT2D eigenvalue weighted by Crippen LogP contribution is 2.39. The third-order valence-corrected chi connectivity index (χ3v) is 6.74. The van der Waals surface area contributed by atoms with E-state index >= 15 is 0 Å². The SMILES string of the molecule is CCN(CC)CCOc1cc(/C=N/NC(=O)c2ccc(O)c(Cl)c2)cc(OC)c1OCc1ccc(C(C)C)cc1. The number of hydrogen-bond acceptors (Lipinski definition) is 7. The molecule has 2 N–H and O–H groups in total. The molecule has 3 aromatic rings. The van der Waals surface area contributed by atoms with Crippen LogP contribution >= 0.6 is 11.6 Å². The number of rotatable bonds is 14. The second-order valence-electron chi connectivity index (χ2n) is 9.48. The van der Waals surface area contributed by atoms with Gasteiger partial charge in [-0.25, -0.2) is 5.43 Å². The van der Waals surface area contributed by atoms with Crippen LogP contribution in [0.25, 0.3) is 0 Å². The maximum Gasteiger partial charge on any atom is 0.271 e. The summed E-state index contributed by atoms with van der Waals surface area (Å²) in [6, 6.07) is 16.1. The average molecular weight is 568 g/mol. The standard InChI is InChI=1S/C31H38ClN3O5/c1-6-35(7-2)14-15-39-29-17-23(19-33-34-31(37)25-12-13-27(36)26(32)18-25)16-28(38-5)30(29)40-20-22-8-10-24(11-9-22)21(3)4/h8-13,16-19,21,36H,6-7,14-15,20H2,1-5H3,(H,34,37)/b33-19+. The summed E-state index contributed by atoms with van der Waals surface area (Å²) < 4.78 is 18.1. The summed E-state index contributed by atoms with van der Waals surface area (Å²) >= 11 is 5.91. The Hall–Kier alpha value is -3.75. The van der Waals surface area contributed by atoms with E-state index in [-0.39, 0.29) is 16.3 Å². The highest BCUT2D eigenvalue weighted by Gasteiger charge is 2.16. The molecule has 0 atom stereocenters. The van der Waals surface area contributed by atoms with Gasteiger partial charge in [-0.2, -0.15) is 5.10 Å². The van der Waals surface area contributed by atoms with Crippen molar-refractivity contribution in [3.8, 4) is 23.0 Å². The van der Waals surface area contributed by atoms with Gasteiger partial charge in [-0.15, -0.1) is 0 Å². The van der Waals surface area contributed by atoms with E-state index in [0.29, 0.717) is 41.9 Å². The monoisotopic (exact) mass is 567 g/mol. The van der Waals surface area contributed by atoms with Crippen molar-refractivity contribution in [2.24, 2.45) is 5.10 Å². The minimum Gasteiger partial charge on any atom is -0.506 e. The van der Waals surface area contributed by atoms with E-state index < -0.39 is 5.91 Å². The zero-order valence-corrected chi connectivity index (χ0v) is 24.5. The molecule has 0 aliphatic rings. The summed E-state index contributed by atoms with van der Waals surface area (Å²) in [5.74, 6) is 1.38. The van der Waals surface area contributed by atoms with Crippen molar-refractivity contribution in [2.75, 3.05) is 33.4 Å². The summed E-state index contributed by atoms with van der Waals surface area (Å²) in [5, 5.41) is 13.7. The predicted octanol–water partition coefficient (Wildman–Crippen LogP) is 6.24. The van der Waals surface area contributed by atoms with Gasteiger partial charge in [-0.3, -0.25) is 4.79 Å². The Labute approximate surface area is 241 Å². The number of likely N-dealkylation sites (N-methyl/N-ethyl adjacent to an activating group) is 1. The molecule has 0 spiro atoms. The van der Waals surface area contributed by atoms with Gasteiger partial charge in [-0.05, 0) is 60.5 Å². The van der Waals surface area contributed by atoms with Crippen LogP contribution in [0.5, 0.6) is 23.0 Å². The van der Waals surface area contributed by atoms with Crippen LogP contribution in [0.15, 0.2) is 59.7 Å². The fourth-order valence-corrected chi connectivity index (χ4v) is 4.11. The van der Waals surface area contributed by atoms with Crippen molar-refractivity contribution >= 4 is 23.7 Å². The van der Waals surface area contributed by atoms with Crippen molar-refractivity contribution in [3.05, 3.63) is 81.9 Å². The van der Waals surface area contributed by atoms with E-state index in [1.165, 1.54) is 30.0 Å². The first-order valence-corrected chi connectivity index (χ1v) is 13.7. The number of nitrogens with zero attached hydrogens (tertiary/aromatic N) is 2. The Morgan fingerprint density at radius 1 is 1.05 bits per heavy atom. The number of amides is 1. The number of hydrogen-bond donors (Lipinski definition) is 2. The predicted molar refractivity (Wildman–Crippen MR) is 159 cm³/mol. The highest BCUT2D eigenvalue weighted by atomic mass is 35.5. The van der Waals surface area contributed by atoms with E-state index in [2.05, 4.69) is 67.4 Å². The topological polar surface area (TPSA) is 92.6 Å². The van der Waals surface area contributed by atoms with Gasteiger partial charge < -0.3 is 24.2 Å². The molecule has 0 aliphatic heterocycles. The summed E-state index contributed by atoms with van der Waals surface area (Å²) in [6.07, 6.45) is 1.49. The normalized spacial score (nSPS) is 11.3. The largest absolute Gasteiger partial charge is 0.506 e. The number of nitrogens with one attached hydrogen (secondary N) is 1. The molecule has 0 aromatic heterocycles. The number of halogens is 1. The molecule has 0 heterocycles.